The van der Waals surface area contributed by atoms with Crippen molar-refractivity contribution in [2.24, 2.45) is 11.7 Å². The fourth-order valence-electron chi connectivity index (χ4n) is 6.53. The molecule has 1 unspecified atom stereocenters. The molecule has 0 radical (unpaired) electrons. The Labute approximate surface area is 288 Å². The van der Waals surface area contributed by atoms with Crippen LogP contribution in [0, 0.1) is 5.92 Å². The summed E-state index contributed by atoms with van der Waals surface area (Å²) in [5.41, 5.74) is 5.89. The normalized spacial score (nSPS) is 18.9. The zero-order valence-electron chi connectivity index (χ0n) is 31.0. The molecule has 0 bridgehead atoms. The highest BCUT2D eigenvalue weighted by Gasteiger charge is 2.35. The molecule has 0 aromatic heterocycles. The average Bonchev–Trinajstić information content (AvgIpc) is 3.45. The van der Waals surface area contributed by atoms with Crippen molar-refractivity contribution in [2.75, 3.05) is 19.8 Å². The molecule has 1 aliphatic carbocycles. The molecule has 0 heterocycles. The van der Waals surface area contributed by atoms with Gasteiger partial charge in [0.25, 0.3) is 0 Å². The van der Waals surface area contributed by atoms with Gasteiger partial charge >= 0.3 is 0 Å². The predicted octanol–water partition coefficient (Wildman–Crippen LogP) is 13.1. The van der Waals surface area contributed by atoms with Crippen LogP contribution in [0.4, 0.5) is 0 Å². The third kappa shape index (κ3) is 27.9. The maximum Gasteiger partial charge on any atom is 0.0839 e. The Balaban J connectivity index is 2.00. The molecule has 2 N–H and O–H groups in total. The van der Waals surface area contributed by atoms with E-state index in [0.29, 0.717) is 5.92 Å². The number of rotatable bonds is 34. The molecular formula is C43H79NO2. The Morgan fingerprint density at radius 2 is 0.804 bits per heavy atom. The van der Waals surface area contributed by atoms with Gasteiger partial charge in [0.2, 0.25) is 0 Å². The van der Waals surface area contributed by atoms with Crippen molar-refractivity contribution in [1.29, 1.82) is 0 Å². The van der Waals surface area contributed by atoms with Crippen LogP contribution in [-0.4, -0.2) is 32.0 Å². The molecule has 0 spiro atoms. The van der Waals surface area contributed by atoms with Crippen LogP contribution in [0.3, 0.4) is 0 Å². The highest BCUT2D eigenvalue weighted by atomic mass is 16.5. The quantitative estimate of drug-likeness (QED) is 0.0561. The summed E-state index contributed by atoms with van der Waals surface area (Å²) in [5, 5.41) is 0. The van der Waals surface area contributed by atoms with Crippen LogP contribution in [0.2, 0.25) is 0 Å². The summed E-state index contributed by atoms with van der Waals surface area (Å²) in [4.78, 5) is 0. The Hall–Kier alpha value is -1.16. The van der Waals surface area contributed by atoms with E-state index in [-0.39, 0.29) is 12.2 Å². The number of ether oxygens (including phenoxy) is 2. The number of nitrogens with two attached hydrogens (primary N) is 1. The van der Waals surface area contributed by atoms with Crippen LogP contribution >= 0.6 is 0 Å². The van der Waals surface area contributed by atoms with Crippen molar-refractivity contribution in [2.45, 2.75) is 199 Å². The molecule has 46 heavy (non-hydrogen) atoms. The molecule has 3 atom stereocenters. The van der Waals surface area contributed by atoms with Gasteiger partial charge in [-0.3, -0.25) is 0 Å². The molecule has 0 amide bonds. The molecule has 0 aromatic rings. The third-order valence-electron chi connectivity index (χ3n) is 9.47. The first-order valence-corrected chi connectivity index (χ1v) is 20.3. The minimum Gasteiger partial charge on any atom is -0.376 e. The molecule has 0 aliphatic heterocycles. The van der Waals surface area contributed by atoms with Crippen LogP contribution < -0.4 is 5.73 Å². The Morgan fingerprint density at radius 1 is 0.457 bits per heavy atom. The van der Waals surface area contributed by atoms with Crippen molar-refractivity contribution in [3.63, 3.8) is 0 Å². The molecular weight excluding hydrogens is 562 g/mol. The van der Waals surface area contributed by atoms with Crippen LogP contribution in [0.15, 0.2) is 48.6 Å². The summed E-state index contributed by atoms with van der Waals surface area (Å²) in [7, 11) is 0. The first kappa shape index (κ1) is 42.9. The van der Waals surface area contributed by atoms with Gasteiger partial charge in [-0.25, -0.2) is 0 Å². The maximum absolute atomic E-state index is 6.41. The van der Waals surface area contributed by atoms with Crippen molar-refractivity contribution in [1.82, 2.24) is 0 Å². The second-order valence-corrected chi connectivity index (χ2v) is 13.9. The highest BCUT2D eigenvalue weighted by Crippen LogP contribution is 2.33. The van der Waals surface area contributed by atoms with Gasteiger partial charge in [-0.15, -0.1) is 0 Å². The van der Waals surface area contributed by atoms with E-state index < -0.39 is 0 Å². The molecule has 0 aromatic carbocycles. The van der Waals surface area contributed by atoms with E-state index in [4.69, 9.17) is 15.2 Å². The van der Waals surface area contributed by atoms with E-state index in [1.165, 1.54) is 141 Å². The molecule has 1 fully saturated rings. The molecule has 1 aliphatic rings. The summed E-state index contributed by atoms with van der Waals surface area (Å²) in [6.07, 6.45) is 53.5. The average molecular weight is 642 g/mol. The number of allylic oxidation sites excluding steroid dienone is 8. The lowest BCUT2D eigenvalue weighted by molar-refractivity contribution is -0.0578. The van der Waals surface area contributed by atoms with Crippen LogP contribution in [0.1, 0.15) is 187 Å². The van der Waals surface area contributed by atoms with Gasteiger partial charge in [-0.1, -0.05) is 140 Å². The second-order valence-electron chi connectivity index (χ2n) is 13.9. The smallest absolute Gasteiger partial charge is 0.0839 e. The monoisotopic (exact) mass is 642 g/mol. The Kier molecular flexibility index (Phi) is 32.8. The summed E-state index contributed by atoms with van der Waals surface area (Å²) in [6.45, 7) is 7.09. The van der Waals surface area contributed by atoms with E-state index in [2.05, 4.69) is 62.5 Å². The summed E-state index contributed by atoms with van der Waals surface area (Å²) < 4.78 is 12.8. The number of hydrogen-bond acceptors (Lipinski definition) is 3. The predicted molar refractivity (Wildman–Crippen MR) is 205 cm³/mol. The van der Waals surface area contributed by atoms with Gasteiger partial charge in [-0.05, 0) is 109 Å². The second kappa shape index (κ2) is 35.2. The topological polar surface area (TPSA) is 44.5 Å². The van der Waals surface area contributed by atoms with Crippen LogP contribution in [-0.2, 0) is 9.47 Å². The van der Waals surface area contributed by atoms with E-state index in [1.807, 2.05) is 0 Å². The largest absolute Gasteiger partial charge is 0.376 e. The van der Waals surface area contributed by atoms with E-state index in [1.54, 1.807) is 0 Å². The summed E-state index contributed by atoms with van der Waals surface area (Å²) in [6, 6.07) is 0. The zero-order chi connectivity index (χ0) is 33.0. The lowest BCUT2D eigenvalue weighted by atomic mass is 10.0. The van der Waals surface area contributed by atoms with E-state index >= 15 is 0 Å². The Morgan fingerprint density at radius 3 is 1.17 bits per heavy atom. The van der Waals surface area contributed by atoms with Crippen molar-refractivity contribution < 1.29 is 9.47 Å². The van der Waals surface area contributed by atoms with Gasteiger partial charge in [0.15, 0.2) is 0 Å². The summed E-state index contributed by atoms with van der Waals surface area (Å²) in [5.74, 6) is 0.673. The fraction of sp³-hybridized carbons (Fsp3) is 0.814. The zero-order valence-corrected chi connectivity index (χ0v) is 31.0. The van der Waals surface area contributed by atoms with Crippen LogP contribution in [0.25, 0.3) is 0 Å². The number of hydrogen-bond donors (Lipinski definition) is 1. The van der Waals surface area contributed by atoms with Gasteiger partial charge in [0.1, 0.15) is 0 Å². The molecule has 1 rings (SSSR count). The number of unbranched alkanes of at least 4 members (excludes halogenated alkanes) is 18. The first-order valence-electron chi connectivity index (χ1n) is 20.3. The molecule has 268 valence electrons. The standard InChI is InChI=1S/C43H79NO2/c1-3-5-7-9-11-13-15-17-19-21-23-25-27-29-31-33-37-45-42-39-41(35-36-44)40-43(42)46-38-34-32-30-28-26-24-22-20-18-16-14-12-10-8-6-4-2/h11-14,17-20,41-43H,3-10,15-16,21-40,44H2,1-2H3/b13-11-,14-12-,19-17-,20-18-/t41?,42-,43+. The third-order valence-corrected chi connectivity index (χ3v) is 9.47. The van der Waals surface area contributed by atoms with Crippen LogP contribution in [0.5, 0.6) is 0 Å². The molecule has 3 heteroatoms. The van der Waals surface area contributed by atoms with Gasteiger partial charge in [-0.2, -0.15) is 0 Å². The molecule has 1 saturated carbocycles. The van der Waals surface area contributed by atoms with Gasteiger partial charge in [0.05, 0.1) is 12.2 Å². The highest BCUT2D eigenvalue weighted by molar-refractivity contribution is 4.93. The van der Waals surface area contributed by atoms with Crippen molar-refractivity contribution in [3.05, 3.63) is 48.6 Å². The van der Waals surface area contributed by atoms with E-state index in [9.17, 15) is 0 Å². The van der Waals surface area contributed by atoms with Crippen molar-refractivity contribution in [3.8, 4) is 0 Å². The fourth-order valence-corrected chi connectivity index (χ4v) is 6.53. The summed E-state index contributed by atoms with van der Waals surface area (Å²) >= 11 is 0. The first-order chi connectivity index (χ1) is 22.8. The molecule has 3 nitrogen and oxygen atoms in total. The Bertz CT molecular complexity index is 668. The minimum atomic E-state index is 0.277. The maximum atomic E-state index is 6.41. The minimum absolute atomic E-state index is 0.277. The molecule has 0 saturated heterocycles. The van der Waals surface area contributed by atoms with Gasteiger partial charge < -0.3 is 15.2 Å². The van der Waals surface area contributed by atoms with Gasteiger partial charge in [0, 0.05) is 13.2 Å². The lowest BCUT2D eigenvalue weighted by Gasteiger charge is -2.21. The van der Waals surface area contributed by atoms with Crippen molar-refractivity contribution >= 4 is 0 Å². The lowest BCUT2D eigenvalue weighted by Crippen LogP contribution is -2.27. The van der Waals surface area contributed by atoms with E-state index in [0.717, 1.165) is 51.9 Å². The SMILES string of the molecule is CCCCC/C=C\C/C=C\CCCCCCCCO[C@H]1CC(CCN)C[C@H]1OCCCCCCCC/C=C\C/C=C\CCCCC.